The maximum atomic E-state index is 5.39. The molecule has 1 aliphatic rings. The number of ether oxygens (including phenoxy) is 3. The lowest BCUT2D eigenvalue weighted by Gasteiger charge is -2.34. The molecule has 29 heavy (non-hydrogen) atoms. The highest BCUT2D eigenvalue weighted by molar-refractivity contribution is 14.0. The van der Waals surface area contributed by atoms with Gasteiger partial charge in [0.25, 0.3) is 0 Å². The molecule has 0 bridgehead atoms. The van der Waals surface area contributed by atoms with E-state index in [0.717, 1.165) is 81.7 Å². The van der Waals surface area contributed by atoms with Gasteiger partial charge in [0, 0.05) is 69.8 Å². The number of methoxy groups -OCH3 is 2. The number of hydrogen-bond donors (Lipinski definition) is 2. The summed E-state index contributed by atoms with van der Waals surface area (Å²) in [5, 5.41) is 6.96. The molecule has 1 aromatic carbocycles. The molecule has 0 spiro atoms. The number of nitrogens with zero attached hydrogens (tertiary/aromatic N) is 2. The van der Waals surface area contributed by atoms with Crippen LogP contribution < -0.4 is 25.0 Å². The minimum absolute atomic E-state index is 0. The molecule has 8 heteroatoms. The molecule has 1 aromatic rings. The van der Waals surface area contributed by atoms with Crippen LogP contribution in [-0.4, -0.2) is 66.1 Å². The van der Waals surface area contributed by atoms with Crippen LogP contribution in [0, 0.1) is 0 Å². The van der Waals surface area contributed by atoms with Gasteiger partial charge >= 0.3 is 0 Å². The summed E-state index contributed by atoms with van der Waals surface area (Å²) >= 11 is 0. The summed E-state index contributed by atoms with van der Waals surface area (Å²) in [7, 11) is 5.20. The van der Waals surface area contributed by atoms with Crippen molar-refractivity contribution in [2.24, 2.45) is 4.99 Å². The largest absolute Gasteiger partial charge is 0.497 e. The topological polar surface area (TPSA) is 67.4 Å². The first kappa shape index (κ1) is 25.6. The van der Waals surface area contributed by atoms with E-state index < -0.39 is 0 Å². The second-order valence-electron chi connectivity index (χ2n) is 6.88. The van der Waals surface area contributed by atoms with Gasteiger partial charge in [-0.25, -0.2) is 0 Å². The third-order valence-electron chi connectivity index (χ3n) is 4.97. The quantitative estimate of drug-likeness (QED) is 0.214. The van der Waals surface area contributed by atoms with Crippen molar-refractivity contribution in [1.29, 1.82) is 0 Å². The van der Waals surface area contributed by atoms with Gasteiger partial charge in [-0.05, 0) is 32.6 Å². The molecule has 0 aromatic heterocycles. The zero-order valence-electron chi connectivity index (χ0n) is 18.2. The number of nitrogens with one attached hydrogen (secondary N) is 2. The van der Waals surface area contributed by atoms with Crippen molar-refractivity contribution in [3.05, 3.63) is 18.2 Å². The van der Waals surface area contributed by atoms with Crippen LogP contribution in [0.5, 0.6) is 11.5 Å². The first-order valence-corrected chi connectivity index (χ1v) is 10.2. The highest BCUT2D eigenvalue weighted by atomic mass is 127. The van der Waals surface area contributed by atoms with Gasteiger partial charge in [0.05, 0.1) is 14.2 Å². The minimum Gasteiger partial charge on any atom is -0.497 e. The minimum atomic E-state index is 0. The van der Waals surface area contributed by atoms with Crippen LogP contribution in [-0.2, 0) is 4.74 Å². The molecule has 2 N–H and O–H groups in total. The molecule has 1 fully saturated rings. The molecule has 2 rings (SSSR count). The van der Waals surface area contributed by atoms with E-state index in [4.69, 9.17) is 14.2 Å². The lowest BCUT2D eigenvalue weighted by atomic mass is 10.0. The van der Waals surface area contributed by atoms with Crippen LogP contribution >= 0.6 is 24.0 Å². The zero-order valence-corrected chi connectivity index (χ0v) is 20.5. The smallest absolute Gasteiger partial charge is 0.191 e. The Balaban J connectivity index is 0.00000420. The van der Waals surface area contributed by atoms with Gasteiger partial charge in [-0.1, -0.05) is 0 Å². The Morgan fingerprint density at radius 3 is 2.31 bits per heavy atom. The molecule has 1 saturated heterocycles. The van der Waals surface area contributed by atoms with Crippen LogP contribution in [0.15, 0.2) is 23.2 Å². The summed E-state index contributed by atoms with van der Waals surface area (Å²) in [5.41, 5.74) is 1.14. The van der Waals surface area contributed by atoms with Gasteiger partial charge in [-0.3, -0.25) is 4.99 Å². The molecule has 0 aliphatic carbocycles. The third-order valence-corrected chi connectivity index (χ3v) is 4.97. The second kappa shape index (κ2) is 14.5. The summed E-state index contributed by atoms with van der Waals surface area (Å²) in [6.45, 7) is 6.53. The number of guanidine groups is 1. The number of hydrogen-bond acceptors (Lipinski definition) is 5. The van der Waals surface area contributed by atoms with E-state index in [9.17, 15) is 0 Å². The molecule has 0 radical (unpaired) electrons. The number of rotatable bonds is 10. The Bertz CT molecular complexity index is 585. The highest BCUT2D eigenvalue weighted by Crippen LogP contribution is 2.30. The van der Waals surface area contributed by atoms with Gasteiger partial charge in [-0.2, -0.15) is 0 Å². The first-order valence-electron chi connectivity index (χ1n) is 10.2. The highest BCUT2D eigenvalue weighted by Gasteiger charge is 2.21. The Kier molecular flexibility index (Phi) is 12.8. The molecule has 0 amide bonds. The third kappa shape index (κ3) is 8.86. The average Bonchev–Trinajstić information content (AvgIpc) is 2.75. The molecule has 0 atom stereocenters. The summed E-state index contributed by atoms with van der Waals surface area (Å²) in [5.74, 6) is 2.53. The number of halogens is 1. The summed E-state index contributed by atoms with van der Waals surface area (Å²) < 4.78 is 16.2. The van der Waals surface area contributed by atoms with Crippen LogP contribution in [0.4, 0.5) is 5.69 Å². The van der Waals surface area contributed by atoms with E-state index in [0.29, 0.717) is 6.04 Å². The standard InChI is InChI=1S/C21H36N4O3.HI/c1-5-28-13-7-6-10-23-21(22-2)24-17-8-11-25(12-9-17)18-14-19(26-3)16-20(15-18)27-4;/h14-17H,5-13H2,1-4H3,(H2,22,23,24);1H. The maximum Gasteiger partial charge on any atom is 0.191 e. The van der Waals surface area contributed by atoms with Gasteiger partial charge in [0.2, 0.25) is 0 Å². The molecule has 0 saturated carbocycles. The maximum absolute atomic E-state index is 5.39. The van der Waals surface area contributed by atoms with Crippen molar-refractivity contribution < 1.29 is 14.2 Å². The van der Waals surface area contributed by atoms with Gasteiger partial charge < -0.3 is 29.7 Å². The molecule has 0 unspecified atom stereocenters. The predicted octanol–water partition coefficient (Wildman–Crippen LogP) is 3.27. The first-order chi connectivity index (χ1) is 13.7. The lowest BCUT2D eigenvalue weighted by molar-refractivity contribution is 0.143. The summed E-state index contributed by atoms with van der Waals surface area (Å²) in [6, 6.07) is 6.47. The van der Waals surface area contributed by atoms with Crippen molar-refractivity contribution in [1.82, 2.24) is 10.6 Å². The van der Waals surface area contributed by atoms with Crippen LogP contribution in [0.3, 0.4) is 0 Å². The van der Waals surface area contributed by atoms with Crippen molar-refractivity contribution in [3.8, 4) is 11.5 Å². The van der Waals surface area contributed by atoms with Crippen LogP contribution in [0.1, 0.15) is 32.6 Å². The summed E-state index contributed by atoms with van der Waals surface area (Å²) in [4.78, 5) is 6.74. The van der Waals surface area contributed by atoms with E-state index in [1.807, 2.05) is 20.0 Å². The second-order valence-corrected chi connectivity index (χ2v) is 6.88. The fourth-order valence-electron chi connectivity index (χ4n) is 3.33. The number of anilines is 1. The fourth-order valence-corrected chi connectivity index (χ4v) is 3.33. The van der Waals surface area contributed by atoms with Crippen molar-refractivity contribution in [2.45, 2.75) is 38.6 Å². The SMILES string of the molecule is CCOCCCCNC(=NC)NC1CCN(c2cc(OC)cc(OC)c2)CC1.I. The lowest BCUT2D eigenvalue weighted by Crippen LogP contribution is -2.48. The fraction of sp³-hybridized carbons (Fsp3) is 0.667. The number of piperidine rings is 1. The Morgan fingerprint density at radius 2 is 1.76 bits per heavy atom. The van der Waals surface area contributed by atoms with E-state index in [1.165, 1.54) is 0 Å². The van der Waals surface area contributed by atoms with Crippen molar-refractivity contribution in [2.75, 3.05) is 59.0 Å². The zero-order chi connectivity index (χ0) is 20.2. The molecular weight excluding hydrogens is 483 g/mol. The van der Waals surface area contributed by atoms with Crippen LogP contribution in [0.25, 0.3) is 0 Å². The Hall–Kier alpha value is -1.42. The molecule has 7 nitrogen and oxygen atoms in total. The predicted molar refractivity (Wildman–Crippen MR) is 130 cm³/mol. The van der Waals surface area contributed by atoms with Gasteiger partial charge in [0.15, 0.2) is 5.96 Å². The van der Waals surface area contributed by atoms with E-state index in [-0.39, 0.29) is 24.0 Å². The normalized spacial score (nSPS) is 14.9. The monoisotopic (exact) mass is 520 g/mol. The molecular formula is C21H37IN4O3. The van der Waals surface area contributed by atoms with Crippen LogP contribution in [0.2, 0.25) is 0 Å². The van der Waals surface area contributed by atoms with E-state index >= 15 is 0 Å². The summed E-state index contributed by atoms with van der Waals surface area (Å²) in [6.07, 6.45) is 4.27. The molecule has 166 valence electrons. The average molecular weight is 520 g/mol. The number of unbranched alkanes of at least 4 members (excludes halogenated alkanes) is 1. The van der Waals surface area contributed by atoms with Crippen molar-refractivity contribution in [3.63, 3.8) is 0 Å². The van der Waals surface area contributed by atoms with Gasteiger partial charge in [-0.15, -0.1) is 24.0 Å². The Morgan fingerprint density at radius 1 is 1.10 bits per heavy atom. The van der Waals surface area contributed by atoms with E-state index in [1.54, 1.807) is 14.2 Å². The van der Waals surface area contributed by atoms with E-state index in [2.05, 4.69) is 32.7 Å². The molecule has 1 heterocycles. The number of benzene rings is 1. The van der Waals surface area contributed by atoms with Gasteiger partial charge in [0.1, 0.15) is 11.5 Å². The number of aliphatic imine (C=N–C) groups is 1. The van der Waals surface area contributed by atoms with Crippen molar-refractivity contribution >= 4 is 35.6 Å². The molecule has 1 aliphatic heterocycles. The Labute approximate surface area is 192 Å².